The van der Waals surface area contributed by atoms with E-state index in [9.17, 15) is 0 Å². The van der Waals surface area contributed by atoms with E-state index in [0.29, 0.717) is 0 Å². The predicted molar refractivity (Wildman–Crippen MR) is 238 cm³/mol. The second kappa shape index (κ2) is 14.6. The second-order valence-corrected chi connectivity index (χ2v) is 14.3. The molecule has 0 bridgehead atoms. The zero-order valence-corrected chi connectivity index (χ0v) is 31.5. The van der Waals surface area contributed by atoms with Crippen molar-refractivity contribution in [2.45, 2.75) is 6.92 Å². The fourth-order valence-corrected chi connectivity index (χ4v) is 7.97. The van der Waals surface area contributed by atoms with Crippen LogP contribution in [0.2, 0.25) is 0 Å². The van der Waals surface area contributed by atoms with Gasteiger partial charge in [-0.3, -0.25) is 0 Å². The molecule has 0 N–H and O–H groups in total. The van der Waals surface area contributed by atoms with Crippen molar-refractivity contribution >= 4 is 38.9 Å². The standard InChI is InChI=1S/C53H38N4/c1-37-34-41(28-32-46(37)50-36-49(39-16-6-2-7-17-39)54-53(55-50)40-18-8-3-9-19-40)38-26-29-44(30-27-38)57-51-25-15-14-24-47(51)48-35-45(31-33-52(48)57)56(42-20-10-4-11-21-42)43-22-12-5-13-23-43/h2-36H,1H3. The van der Waals surface area contributed by atoms with Crippen LogP contribution in [0.15, 0.2) is 212 Å². The minimum absolute atomic E-state index is 0.719. The predicted octanol–water partition coefficient (Wildman–Crippen LogP) is 14.0. The highest BCUT2D eigenvalue weighted by atomic mass is 15.1. The molecule has 4 heteroatoms. The van der Waals surface area contributed by atoms with Gasteiger partial charge < -0.3 is 9.47 Å². The topological polar surface area (TPSA) is 34.0 Å². The molecule has 0 spiro atoms. The van der Waals surface area contributed by atoms with Crippen molar-refractivity contribution in [1.29, 1.82) is 0 Å². The average molecular weight is 731 g/mol. The summed E-state index contributed by atoms with van der Waals surface area (Å²) >= 11 is 0. The van der Waals surface area contributed by atoms with E-state index in [1.165, 1.54) is 21.8 Å². The molecule has 10 rings (SSSR count). The first-order valence-electron chi connectivity index (χ1n) is 19.3. The summed E-state index contributed by atoms with van der Waals surface area (Å²) in [6, 6.07) is 75.0. The van der Waals surface area contributed by atoms with E-state index in [4.69, 9.17) is 9.97 Å². The molecule has 0 saturated heterocycles. The van der Waals surface area contributed by atoms with Crippen molar-refractivity contribution in [3.8, 4) is 50.7 Å². The summed E-state index contributed by atoms with van der Waals surface area (Å²) in [5.41, 5.74) is 15.3. The molecule has 270 valence electrons. The van der Waals surface area contributed by atoms with Crippen LogP contribution >= 0.6 is 0 Å². The quantitative estimate of drug-likeness (QED) is 0.156. The van der Waals surface area contributed by atoms with Gasteiger partial charge in [-0.25, -0.2) is 9.97 Å². The van der Waals surface area contributed by atoms with Gasteiger partial charge in [0.1, 0.15) is 0 Å². The van der Waals surface area contributed by atoms with Gasteiger partial charge in [-0.15, -0.1) is 0 Å². The summed E-state index contributed by atoms with van der Waals surface area (Å²) in [5.74, 6) is 0.719. The molecule has 0 aliphatic carbocycles. The van der Waals surface area contributed by atoms with Crippen molar-refractivity contribution in [1.82, 2.24) is 14.5 Å². The van der Waals surface area contributed by atoms with Crippen LogP contribution in [-0.2, 0) is 0 Å². The molecule has 0 radical (unpaired) electrons. The molecule has 0 atom stereocenters. The Labute approximate surface area is 332 Å². The van der Waals surface area contributed by atoms with Gasteiger partial charge >= 0.3 is 0 Å². The third kappa shape index (κ3) is 6.43. The smallest absolute Gasteiger partial charge is 0.160 e. The number of rotatable bonds is 8. The van der Waals surface area contributed by atoms with Gasteiger partial charge in [0.25, 0.3) is 0 Å². The van der Waals surface area contributed by atoms with Crippen LogP contribution in [0.25, 0.3) is 72.5 Å². The Balaban J connectivity index is 1.01. The molecular formula is C53H38N4. The molecule has 0 aliphatic heterocycles. The Morgan fingerprint density at radius 2 is 0.947 bits per heavy atom. The summed E-state index contributed by atoms with van der Waals surface area (Å²) in [4.78, 5) is 12.4. The van der Waals surface area contributed by atoms with E-state index >= 15 is 0 Å². The highest BCUT2D eigenvalue weighted by Crippen LogP contribution is 2.40. The van der Waals surface area contributed by atoms with Crippen molar-refractivity contribution in [2.75, 3.05) is 4.90 Å². The van der Waals surface area contributed by atoms with Gasteiger partial charge in [-0.1, -0.05) is 146 Å². The number of anilines is 3. The van der Waals surface area contributed by atoms with Crippen LogP contribution in [0.5, 0.6) is 0 Å². The Morgan fingerprint density at radius 3 is 1.61 bits per heavy atom. The lowest BCUT2D eigenvalue weighted by Gasteiger charge is -2.25. The molecule has 0 saturated carbocycles. The summed E-state index contributed by atoms with van der Waals surface area (Å²) in [6.45, 7) is 2.17. The van der Waals surface area contributed by atoms with E-state index in [2.05, 4.69) is 192 Å². The van der Waals surface area contributed by atoms with Gasteiger partial charge in [0.05, 0.1) is 22.4 Å². The fourth-order valence-electron chi connectivity index (χ4n) is 7.97. The molecular weight excluding hydrogens is 693 g/mol. The molecule has 10 aromatic rings. The molecule has 57 heavy (non-hydrogen) atoms. The Bertz CT molecular complexity index is 2890. The lowest BCUT2D eigenvalue weighted by atomic mass is 9.97. The summed E-state index contributed by atoms with van der Waals surface area (Å²) in [5, 5.41) is 2.44. The molecule has 0 fully saturated rings. The third-order valence-corrected chi connectivity index (χ3v) is 10.7. The summed E-state index contributed by atoms with van der Waals surface area (Å²) in [7, 11) is 0. The van der Waals surface area contributed by atoms with Crippen molar-refractivity contribution in [3.63, 3.8) is 0 Å². The van der Waals surface area contributed by atoms with E-state index in [1.54, 1.807) is 0 Å². The number of fused-ring (bicyclic) bond motifs is 3. The first-order valence-corrected chi connectivity index (χ1v) is 19.3. The first-order chi connectivity index (χ1) is 28.2. The van der Waals surface area contributed by atoms with Crippen molar-refractivity contribution < 1.29 is 0 Å². The lowest BCUT2D eigenvalue weighted by Crippen LogP contribution is -2.09. The Morgan fingerprint density at radius 1 is 0.386 bits per heavy atom. The largest absolute Gasteiger partial charge is 0.310 e. The van der Waals surface area contributed by atoms with Crippen LogP contribution in [0, 0.1) is 6.92 Å². The van der Waals surface area contributed by atoms with E-state index < -0.39 is 0 Å². The van der Waals surface area contributed by atoms with E-state index in [0.717, 1.165) is 73.3 Å². The number of benzene rings is 8. The third-order valence-electron chi connectivity index (χ3n) is 10.7. The minimum Gasteiger partial charge on any atom is -0.310 e. The number of nitrogens with zero attached hydrogens (tertiary/aromatic N) is 4. The first kappa shape index (κ1) is 34.0. The number of aromatic nitrogens is 3. The zero-order chi connectivity index (χ0) is 38.1. The van der Waals surface area contributed by atoms with Gasteiger partial charge in [0, 0.05) is 50.2 Å². The molecule has 0 unspecified atom stereocenters. The Kier molecular flexibility index (Phi) is 8.69. The fraction of sp³-hybridized carbons (Fsp3) is 0.0189. The summed E-state index contributed by atoms with van der Waals surface area (Å²) < 4.78 is 2.38. The van der Waals surface area contributed by atoms with Crippen LogP contribution < -0.4 is 4.90 Å². The van der Waals surface area contributed by atoms with Gasteiger partial charge in [0.15, 0.2) is 5.82 Å². The normalized spacial score (nSPS) is 11.2. The van der Waals surface area contributed by atoms with Gasteiger partial charge in [-0.2, -0.15) is 0 Å². The highest BCUT2D eigenvalue weighted by molar-refractivity contribution is 6.10. The van der Waals surface area contributed by atoms with Gasteiger partial charge in [-0.05, 0) is 90.3 Å². The van der Waals surface area contributed by atoms with Crippen LogP contribution in [-0.4, -0.2) is 14.5 Å². The van der Waals surface area contributed by atoms with Crippen molar-refractivity contribution in [2.24, 2.45) is 0 Å². The average Bonchev–Trinajstić information content (AvgIpc) is 3.61. The maximum atomic E-state index is 5.08. The minimum atomic E-state index is 0.719. The molecule has 0 amide bonds. The second-order valence-electron chi connectivity index (χ2n) is 14.3. The number of hydrogen-bond donors (Lipinski definition) is 0. The van der Waals surface area contributed by atoms with Crippen LogP contribution in [0.3, 0.4) is 0 Å². The number of hydrogen-bond acceptors (Lipinski definition) is 3. The van der Waals surface area contributed by atoms with Crippen LogP contribution in [0.1, 0.15) is 5.56 Å². The van der Waals surface area contributed by atoms with Gasteiger partial charge in [0.2, 0.25) is 0 Å². The zero-order valence-electron chi connectivity index (χ0n) is 31.5. The van der Waals surface area contributed by atoms with E-state index in [-0.39, 0.29) is 0 Å². The molecule has 2 aromatic heterocycles. The lowest BCUT2D eigenvalue weighted by molar-refractivity contribution is 1.18. The van der Waals surface area contributed by atoms with Crippen molar-refractivity contribution in [3.05, 3.63) is 218 Å². The number of para-hydroxylation sites is 3. The monoisotopic (exact) mass is 730 g/mol. The SMILES string of the molecule is Cc1cc(-c2ccc(-n3c4ccccc4c4cc(N(c5ccccc5)c5ccccc5)ccc43)cc2)ccc1-c1cc(-c2ccccc2)nc(-c2ccccc2)n1. The highest BCUT2D eigenvalue weighted by Gasteiger charge is 2.18. The summed E-state index contributed by atoms with van der Waals surface area (Å²) in [6.07, 6.45) is 0. The molecule has 8 aromatic carbocycles. The molecule has 4 nitrogen and oxygen atoms in total. The Hall–Kier alpha value is -7.56. The number of aryl methyl sites for hydroxylation is 1. The molecule has 2 heterocycles. The maximum absolute atomic E-state index is 5.08. The maximum Gasteiger partial charge on any atom is 0.160 e. The van der Waals surface area contributed by atoms with E-state index in [1.807, 2.05) is 36.4 Å². The van der Waals surface area contributed by atoms with Crippen LogP contribution in [0.4, 0.5) is 17.1 Å². The molecule has 0 aliphatic rings.